The van der Waals surface area contributed by atoms with Crippen molar-refractivity contribution in [1.29, 1.82) is 0 Å². The lowest BCUT2D eigenvalue weighted by Gasteiger charge is -2.34. The fraction of sp³-hybridized carbons (Fsp3) is 0.161. The first-order valence-corrected chi connectivity index (χ1v) is 23.8. The van der Waals surface area contributed by atoms with Crippen molar-refractivity contribution in [2.24, 2.45) is 0 Å². The highest BCUT2D eigenvalue weighted by Gasteiger charge is 2.43. The highest BCUT2D eigenvalue weighted by atomic mass is 16.6. The number of carbonyl (C=O) groups excluding carboxylic acids is 1. The predicted octanol–water partition coefficient (Wildman–Crippen LogP) is 11.1. The van der Waals surface area contributed by atoms with Crippen molar-refractivity contribution in [3.8, 4) is 62.1 Å². The first kappa shape index (κ1) is 41.1. The smallest absolute Gasteiger partial charge is 0.418 e. The molecular formula is C62H49N5O2. The van der Waals surface area contributed by atoms with Crippen molar-refractivity contribution < 1.29 is 9.53 Å². The van der Waals surface area contributed by atoms with Gasteiger partial charge in [-0.25, -0.2) is 9.78 Å². The van der Waals surface area contributed by atoms with Crippen LogP contribution >= 0.6 is 0 Å². The van der Waals surface area contributed by atoms with Crippen molar-refractivity contribution in [2.75, 3.05) is 0 Å². The van der Waals surface area contributed by atoms with Crippen molar-refractivity contribution in [3.05, 3.63) is 200 Å². The molecule has 2 aliphatic heterocycles. The van der Waals surface area contributed by atoms with Gasteiger partial charge in [0, 0.05) is 57.9 Å². The summed E-state index contributed by atoms with van der Waals surface area (Å²) >= 11 is 0. The second kappa shape index (κ2) is 14.4. The van der Waals surface area contributed by atoms with Gasteiger partial charge < -0.3 is 4.74 Å². The molecule has 7 nitrogen and oxygen atoms in total. The highest BCUT2D eigenvalue weighted by Crippen LogP contribution is 2.56. The molecule has 0 amide bonds. The number of nitrogens with zero attached hydrogens (tertiary/aromatic N) is 5. The molecule has 1 aromatic heterocycles. The Kier molecular flexibility index (Phi) is 8.58. The Morgan fingerprint density at radius 2 is 1.22 bits per heavy atom. The van der Waals surface area contributed by atoms with Crippen LogP contribution in [0.25, 0.3) is 97.6 Å². The van der Waals surface area contributed by atoms with Crippen molar-refractivity contribution in [2.45, 2.75) is 64.9 Å². The zero-order valence-corrected chi connectivity index (χ0v) is 39.7. The quantitative estimate of drug-likeness (QED) is 0.176. The number of hydrogen-bond acceptors (Lipinski definition) is 5. The van der Waals surface area contributed by atoms with Gasteiger partial charge in [-0.2, -0.15) is 9.97 Å². The third-order valence-electron chi connectivity index (χ3n) is 14.6. The Bertz CT molecular complexity index is 3910. The average Bonchev–Trinajstić information content (AvgIpc) is 4.10. The molecule has 0 saturated heterocycles. The molecule has 5 aromatic rings. The second-order valence-electron chi connectivity index (χ2n) is 20.9. The van der Waals surface area contributed by atoms with E-state index < -0.39 is 17.1 Å². The predicted molar refractivity (Wildman–Crippen MR) is 277 cm³/mol. The molecule has 0 N–H and O–H groups in total. The van der Waals surface area contributed by atoms with Gasteiger partial charge in [0.25, 0.3) is 0 Å². The van der Waals surface area contributed by atoms with E-state index in [0.29, 0.717) is 17.6 Å². The Labute approximate surface area is 400 Å². The molecule has 3 heterocycles. The van der Waals surface area contributed by atoms with E-state index in [1.54, 1.807) is 4.57 Å². The Morgan fingerprint density at radius 1 is 0.565 bits per heavy atom. The van der Waals surface area contributed by atoms with E-state index in [2.05, 4.69) is 125 Å². The topological polar surface area (TPSA) is 74.8 Å². The van der Waals surface area contributed by atoms with Gasteiger partial charge in [0.1, 0.15) is 5.60 Å². The van der Waals surface area contributed by atoms with Crippen molar-refractivity contribution in [3.63, 3.8) is 0 Å². The first-order chi connectivity index (χ1) is 33.2. The highest BCUT2D eigenvalue weighted by molar-refractivity contribution is 6.09. The van der Waals surface area contributed by atoms with E-state index >= 15 is 0 Å². The van der Waals surface area contributed by atoms with Crippen LogP contribution in [-0.2, 0) is 15.6 Å². The van der Waals surface area contributed by atoms with E-state index in [1.165, 1.54) is 82.1 Å². The summed E-state index contributed by atoms with van der Waals surface area (Å²) in [6.07, 6.45) is 17.3. The van der Waals surface area contributed by atoms with E-state index in [-0.39, 0.29) is 5.41 Å². The van der Waals surface area contributed by atoms with Crippen LogP contribution in [-0.4, -0.2) is 35.8 Å². The third-order valence-corrected chi connectivity index (χ3v) is 14.6. The SMILES string of the molecule is CC(C)(C)OC(=O)n1ccc2c(-c3cccc4c3=C3C(=Cc5cc6ccn(-c7nc(-c8ccccc8)nc(-c8ccccc8)n7)cc-6c5C3(C)C)C=4)c3c(c-2c1)C(C)(C)C1=c2ccccc2=CC1=C3. The maximum Gasteiger partial charge on any atom is 0.418 e. The minimum Gasteiger partial charge on any atom is -0.443 e. The summed E-state index contributed by atoms with van der Waals surface area (Å²) in [6.45, 7) is 15.2. The molecule has 0 unspecified atom stereocenters. The summed E-state index contributed by atoms with van der Waals surface area (Å²) in [5.41, 5.74) is 17.3. The number of rotatable bonds is 4. The van der Waals surface area contributed by atoms with Crippen LogP contribution in [0.3, 0.4) is 0 Å². The van der Waals surface area contributed by atoms with Gasteiger partial charge in [-0.1, -0.05) is 131 Å². The largest absolute Gasteiger partial charge is 0.443 e. The minimum absolute atomic E-state index is 0.390. The number of ether oxygens (including phenoxy) is 1. The van der Waals surface area contributed by atoms with Crippen LogP contribution in [0.1, 0.15) is 70.7 Å². The molecule has 6 aliphatic carbocycles. The Balaban J connectivity index is 1.02. The molecule has 0 bridgehead atoms. The summed E-state index contributed by atoms with van der Waals surface area (Å²) in [4.78, 5) is 28.9. The summed E-state index contributed by atoms with van der Waals surface area (Å²) in [5, 5.41) is 4.95. The first-order valence-electron chi connectivity index (χ1n) is 23.8. The van der Waals surface area contributed by atoms with Gasteiger partial charge in [-0.05, 0) is 151 Å². The van der Waals surface area contributed by atoms with Gasteiger partial charge in [0.2, 0.25) is 5.95 Å². The number of benzene rings is 4. The zero-order chi connectivity index (χ0) is 47.1. The van der Waals surface area contributed by atoms with Crippen LogP contribution < -0.4 is 20.9 Å². The fourth-order valence-electron chi connectivity index (χ4n) is 11.9. The molecule has 334 valence electrons. The number of fused-ring (bicyclic) bond motifs is 10. The third kappa shape index (κ3) is 6.19. The molecular weight excluding hydrogens is 847 g/mol. The molecule has 13 rings (SSSR count). The normalized spacial score (nSPS) is 15.8. The molecule has 69 heavy (non-hydrogen) atoms. The molecule has 0 atom stereocenters. The van der Waals surface area contributed by atoms with Gasteiger partial charge >= 0.3 is 6.09 Å². The maximum absolute atomic E-state index is 13.8. The summed E-state index contributed by atoms with van der Waals surface area (Å²) < 4.78 is 9.59. The molecule has 8 aliphatic rings. The number of allylic oxidation sites excluding steroid dienone is 2. The van der Waals surface area contributed by atoms with Crippen LogP contribution in [0.15, 0.2) is 157 Å². The van der Waals surface area contributed by atoms with E-state index in [0.717, 1.165) is 27.8 Å². The second-order valence-corrected chi connectivity index (χ2v) is 20.9. The van der Waals surface area contributed by atoms with Gasteiger partial charge in [0.05, 0.1) is 0 Å². The molecule has 0 radical (unpaired) electrons. The molecule has 7 heteroatoms. The Hall–Kier alpha value is -8.16. The zero-order valence-electron chi connectivity index (χ0n) is 39.7. The molecule has 4 aromatic carbocycles. The number of hydrogen-bond donors (Lipinski definition) is 0. The number of carbonyl (C=O) groups is 1. The van der Waals surface area contributed by atoms with Crippen LogP contribution in [0, 0.1) is 0 Å². The molecule has 0 fully saturated rings. The van der Waals surface area contributed by atoms with Crippen LogP contribution in [0.5, 0.6) is 0 Å². The minimum atomic E-state index is -0.639. The van der Waals surface area contributed by atoms with Crippen LogP contribution in [0.2, 0.25) is 0 Å². The maximum atomic E-state index is 13.8. The van der Waals surface area contributed by atoms with E-state index in [4.69, 9.17) is 19.7 Å². The van der Waals surface area contributed by atoms with Crippen molar-refractivity contribution >= 4 is 41.5 Å². The van der Waals surface area contributed by atoms with Crippen LogP contribution in [0.4, 0.5) is 4.79 Å². The Morgan fingerprint density at radius 3 is 1.94 bits per heavy atom. The van der Waals surface area contributed by atoms with E-state index in [9.17, 15) is 4.79 Å². The molecule has 0 saturated carbocycles. The molecule has 0 spiro atoms. The fourth-order valence-corrected chi connectivity index (χ4v) is 11.9. The van der Waals surface area contributed by atoms with E-state index in [1.807, 2.05) is 98.4 Å². The number of aromatic nitrogens is 5. The lowest BCUT2D eigenvalue weighted by Crippen LogP contribution is -2.33. The van der Waals surface area contributed by atoms with Gasteiger partial charge in [-0.3, -0.25) is 9.13 Å². The number of pyridine rings is 2. The summed E-state index contributed by atoms with van der Waals surface area (Å²) in [5.74, 6) is 1.80. The summed E-state index contributed by atoms with van der Waals surface area (Å²) in [7, 11) is 0. The van der Waals surface area contributed by atoms with Gasteiger partial charge in [0.15, 0.2) is 11.6 Å². The lowest BCUT2D eigenvalue weighted by atomic mass is 9.69. The lowest BCUT2D eigenvalue weighted by molar-refractivity contribution is 0.0536. The average molecular weight is 896 g/mol. The standard InChI is InChI=1S/C62H49N5O2/c1-60(2,3)69-59(68)67-28-26-45-49(35-67)55-47(33-43-29-38-21-14-15-23-44(38)52(43)62(55,6)7)51(45)46-24-16-22-40-31-42-32-41-30-39-25-27-66(34-48(39)53(41)61(4,5)54(42)50(40)46)58-64-56(36-17-10-8-11-18-36)63-57(65-58)37-19-12-9-13-20-37/h8-35H,1-7H3. The monoisotopic (exact) mass is 895 g/mol. The van der Waals surface area contributed by atoms with Crippen molar-refractivity contribution in [1.82, 2.24) is 24.1 Å². The van der Waals surface area contributed by atoms with Gasteiger partial charge in [-0.15, -0.1) is 0 Å². The summed E-state index contributed by atoms with van der Waals surface area (Å²) in [6, 6.07) is 42.3.